The molecule has 2 unspecified atom stereocenters. The topological polar surface area (TPSA) is 12.0 Å². The standard InChI is InChI=1S/C18H30ClN/c1-6-8-14(2)11-16(13-20-18(3,4)5)15-9-7-10-17(19)12-15/h7,9-10,12,14,16,20H,6,8,11,13H2,1-5H3. The van der Waals surface area contributed by atoms with E-state index >= 15 is 0 Å². The van der Waals surface area contributed by atoms with Crippen molar-refractivity contribution in [2.45, 2.75) is 65.3 Å². The third kappa shape index (κ3) is 6.76. The van der Waals surface area contributed by atoms with Gasteiger partial charge < -0.3 is 5.32 Å². The molecule has 1 aromatic rings. The van der Waals surface area contributed by atoms with Gasteiger partial charge in [0.05, 0.1) is 0 Å². The van der Waals surface area contributed by atoms with E-state index in [2.05, 4.69) is 58.1 Å². The predicted octanol–water partition coefficient (Wildman–Crippen LogP) is 5.64. The second kappa shape index (κ2) is 8.05. The summed E-state index contributed by atoms with van der Waals surface area (Å²) in [6, 6.07) is 8.34. The molecule has 1 N–H and O–H groups in total. The summed E-state index contributed by atoms with van der Waals surface area (Å²) < 4.78 is 0. The van der Waals surface area contributed by atoms with Crippen LogP contribution in [0.5, 0.6) is 0 Å². The zero-order chi connectivity index (χ0) is 15.2. The Morgan fingerprint density at radius 2 is 1.95 bits per heavy atom. The lowest BCUT2D eigenvalue weighted by Gasteiger charge is -2.27. The minimum atomic E-state index is 0.158. The van der Waals surface area contributed by atoms with Crippen molar-refractivity contribution < 1.29 is 0 Å². The average molecular weight is 296 g/mol. The smallest absolute Gasteiger partial charge is 0.0408 e. The Bertz CT molecular complexity index is 395. The molecule has 0 fully saturated rings. The van der Waals surface area contributed by atoms with Gasteiger partial charge in [-0.25, -0.2) is 0 Å². The third-order valence-corrected chi connectivity index (χ3v) is 3.90. The molecular formula is C18H30ClN. The van der Waals surface area contributed by atoms with Crippen molar-refractivity contribution in [3.63, 3.8) is 0 Å². The molecule has 0 heterocycles. The lowest BCUT2D eigenvalue weighted by molar-refractivity contribution is 0.366. The van der Waals surface area contributed by atoms with Crippen LogP contribution in [0.3, 0.4) is 0 Å². The Morgan fingerprint density at radius 3 is 2.50 bits per heavy atom. The summed E-state index contributed by atoms with van der Waals surface area (Å²) >= 11 is 6.16. The molecule has 114 valence electrons. The second-order valence-electron chi connectivity index (χ2n) is 7.01. The Kier molecular flexibility index (Phi) is 7.05. The Morgan fingerprint density at radius 1 is 1.25 bits per heavy atom. The maximum atomic E-state index is 6.16. The summed E-state index contributed by atoms with van der Waals surface area (Å²) in [6.45, 7) is 12.3. The second-order valence-corrected chi connectivity index (χ2v) is 7.45. The summed E-state index contributed by atoms with van der Waals surface area (Å²) in [5.74, 6) is 1.29. The molecule has 1 rings (SSSR count). The number of rotatable bonds is 7. The fraction of sp³-hybridized carbons (Fsp3) is 0.667. The van der Waals surface area contributed by atoms with E-state index in [1.807, 2.05) is 6.07 Å². The molecule has 1 nitrogen and oxygen atoms in total. The van der Waals surface area contributed by atoms with E-state index in [9.17, 15) is 0 Å². The van der Waals surface area contributed by atoms with Crippen molar-refractivity contribution in [1.82, 2.24) is 5.32 Å². The van der Waals surface area contributed by atoms with Crippen LogP contribution in [0.2, 0.25) is 5.02 Å². The predicted molar refractivity (Wildman–Crippen MR) is 90.6 cm³/mol. The molecule has 0 aromatic heterocycles. The molecule has 0 spiro atoms. The minimum absolute atomic E-state index is 0.158. The monoisotopic (exact) mass is 295 g/mol. The van der Waals surface area contributed by atoms with E-state index in [1.54, 1.807) is 0 Å². The van der Waals surface area contributed by atoms with Crippen molar-refractivity contribution in [2.75, 3.05) is 6.54 Å². The molecular weight excluding hydrogens is 266 g/mol. The molecule has 1 aromatic carbocycles. The molecule has 20 heavy (non-hydrogen) atoms. The van der Waals surface area contributed by atoms with Crippen LogP contribution in [0.25, 0.3) is 0 Å². The summed E-state index contributed by atoms with van der Waals surface area (Å²) in [5, 5.41) is 4.48. The van der Waals surface area contributed by atoms with Gasteiger partial charge in [0, 0.05) is 17.1 Å². The summed E-state index contributed by atoms with van der Waals surface area (Å²) in [4.78, 5) is 0. The van der Waals surface area contributed by atoms with Crippen LogP contribution in [0.15, 0.2) is 24.3 Å². The van der Waals surface area contributed by atoms with Crippen molar-refractivity contribution in [3.8, 4) is 0 Å². The van der Waals surface area contributed by atoms with Crippen LogP contribution in [0.4, 0.5) is 0 Å². The van der Waals surface area contributed by atoms with Crippen LogP contribution in [0.1, 0.15) is 65.4 Å². The first-order chi connectivity index (χ1) is 9.31. The highest BCUT2D eigenvalue weighted by Crippen LogP contribution is 2.27. The van der Waals surface area contributed by atoms with Gasteiger partial charge in [0.2, 0.25) is 0 Å². The molecule has 2 heteroatoms. The zero-order valence-corrected chi connectivity index (χ0v) is 14.4. The number of halogens is 1. The van der Waals surface area contributed by atoms with Crippen LogP contribution in [0, 0.1) is 5.92 Å². The van der Waals surface area contributed by atoms with Gasteiger partial charge in [-0.3, -0.25) is 0 Å². The van der Waals surface area contributed by atoms with Crippen molar-refractivity contribution in [1.29, 1.82) is 0 Å². The maximum absolute atomic E-state index is 6.16. The Hall–Kier alpha value is -0.530. The summed E-state index contributed by atoms with van der Waals surface area (Å²) in [6.07, 6.45) is 3.78. The van der Waals surface area contributed by atoms with Gasteiger partial charge >= 0.3 is 0 Å². The molecule has 0 saturated heterocycles. The summed E-state index contributed by atoms with van der Waals surface area (Å²) in [5.41, 5.74) is 1.52. The van der Waals surface area contributed by atoms with Gasteiger partial charge in [0.15, 0.2) is 0 Å². The molecule has 2 atom stereocenters. The average Bonchev–Trinajstić information content (AvgIpc) is 2.33. The highest BCUT2D eigenvalue weighted by molar-refractivity contribution is 6.30. The number of benzene rings is 1. The highest BCUT2D eigenvalue weighted by Gasteiger charge is 2.18. The molecule has 0 saturated carbocycles. The fourth-order valence-corrected chi connectivity index (χ4v) is 2.82. The van der Waals surface area contributed by atoms with Crippen LogP contribution in [-0.4, -0.2) is 12.1 Å². The quantitative estimate of drug-likeness (QED) is 0.686. The van der Waals surface area contributed by atoms with Gasteiger partial charge in [0.25, 0.3) is 0 Å². The van der Waals surface area contributed by atoms with E-state index in [0.29, 0.717) is 5.92 Å². The van der Waals surface area contributed by atoms with Crippen LogP contribution < -0.4 is 5.32 Å². The normalized spacial score (nSPS) is 15.1. The lowest BCUT2D eigenvalue weighted by Crippen LogP contribution is -2.38. The van der Waals surface area contributed by atoms with E-state index in [4.69, 9.17) is 11.6 Å². The first-order valence-corrected chi connectivity index (χ1v) is 8.20. The fourth-order valence-electron chi connectivity index (χ4n) is 2.62. The lowest BCUT2D eigenvalue weighted by atomic mass is 9.87. The van der Waals surface area contributed by atoms with Gasteiger partial charge in [-0.15, -0.1) is 0 Å². The van der Waals surface area contributed by atoms with Crippen LogP contribution >= 0.6 is 11.6 Å². The van der Waals surface area contributed by atoms with E-state index in [1.165, 1.54) is 24.8 Å². The van der Waals surface area contributed by atoms with E-state index in [0.717, 1.165) is 17.5 Å². The molecule has 0 aliphatic heterocycles. The van der Waals surface area contributed by atoms with Gasteiger partial charge in [-0.05, 0) is 56.7 Å². The first-order valence-electron chi connectivity index (χ1n) is 7.82. The van der Waals surface area contributed by atoms with Gasteiger partial charge in [-0.1, -0.05) is 50.4 Å². The van der Waals surface area contributed by atoms with Crippen molar-refractivity contribution >= 4 is 11.6 Å². The molecule has 0 bridgehead atoms. The third-order valence-electron chi connectivity index (χ3n) is 3.67. The minimum Gasteiger partial charge on any atom is -0.311 e. The van der Waals surface area contributed by atoms with Crippen molar-refractivity contribution in [2.24, 2.45) is 5.92 Å². The Labute approximate surface area is 130 Å². The van der Waals surface area contributed by atoms with Gasteiger partial charge in [0.1, 0.15) is 0 Å². The summed E-state index contributed by atoms with van der Waals surface area (Å²) in [7, 11) is 0. The first kappa shape index (κ1) is 17.5. The number of hydrogen-bond donors (Lipinski definition) is 1. The molecule has 0 amide bonds. The number of nitrogens with one attached hydrogen (secondary N) is 1. The Balaban J connectivity index is 2.78. The van der Waals surface area contributed by atoms with Gasteiger partial charge in [-0.2, -0.15) is 0 Å². The van der Waals surface area contributed by atoms with Crippen molar-refractivity contribution in [3.05, 3.63) is 34.9 Å². The number of hydrogen-bond acceptors (Lipinski definition) is 1. The SMILES string of the molecule is CCCC(C)CC(CNC(C)(C)C)c1cccc(Cl)c1. The molecule has 0 aliphatic rings. The molecule has 0 radical (unpaired) electrons. The van der Waals surface area contributed by atoms with Crippen LogP contribution in [-0.2, 0) is 0 Å². The van der Waals surface area contributed by atoms with E-state index < -0.39 is 0 Å². The zero-order valence-electron chi connectivity index (χ0n) is 13.7. The van der Waals surface area contributed by atoms with E-state index in [-0.39, 0.29) is 5.54 Å². The highest BCUT2D eigenvalue weighted by atomic mass is 35.5. The maximum Gasteiger partial charge on any atom is 0.0408 e. The largest absolute Gasteiger partial charge is 0.311 e. The molecule has 0 aliphatic carbocycles.